The van der Waals surface area contributed by atoms with E-state index < -0.39 is 0 Å². The fourth-order valence-electron chi connectivity index (χ4n) is 2.19. The van der Waals surface area contributed by atoms with E-state index in [1.54, 1.807) is 13.4 Å². The molecule has 0 aliphatic heterocycles. The van der Waals surface area contributed by atoms with Crippen LogP contribution in [0.2, 0.25) is 0 Å². The zero-order valence-electron chi connectivity index (χ0n) is 11.6. The fraction of sp³-hybridized carbons (Fsp3) is 0.375. The topological polar surface area (TPSA) is 34.4 Å². The van der Waals surface area contributed by atoms with Crippen molar-refractivity contribution in [2.45, 2.75) is 12.3 Å². The molecule has 0 spiro atoms. The lowest BCUT2D eigenvalue weighted by Gasteiger charge is -2.17. The number of nitrogens with one attached hydrogen (secondary N) is 1. The predicted octanol–water partition coefficient (Wildman–Crippen LogP) is 3.60. The van der Waals surface area contributed by atoms with Crippen molar-refractivity contribution in [1.29, 1.82) is 0 Å². The van der Waals surface area contributed by atoms with Gasteiger partial charge in [-0.1, -0.05) is 28.1 Å². The van der Waals surface area contributed by atoms with Crippen LogP contribution in [0.3, 0.4) is 0 Å². The van der Waals surface area contributed by atoms with E-state index >= 15 is 0 Å². The fourth-order valence-corrected chi connectivity index (χ4v) is 2.61. The molecule has 20 heavy (non-hydrogen) atoms. The van der Waals surface area contributed by atoms with E-state index in [1.807, 2.05) is 18.2 Å². The first-order valence-electron chi connectivity index (χ1n) is 6.77. The van der Waals surface area contributed by atoms with E-state index in [4.69, 9.17) is 9.15 Å². The second-order valence-electron chi connectivity index (χ2n) is 4.73. The Morgan fingerprint density at radius 3 is 2.90 bits per heavy atom. The van der Waals surface area contributed by atoms with Crippen LogP contribution in [0.4, 0.5) is 0 Å². The maximum Gasteiger partial charge on any atom is 0.104 e. The molecular weight excluding hydrogens is 318 g/mol. The molecule has 0 radical (unpaired) electrons. The van der Waals surface area contributed by atoms with Crippen molar-refractivity contribution in [3.05, 3.63) is 58.5 Å². The van der Waals surface area contributed by atoms with Crippen molar-refractivity contribution < 1.29 is 9.15 Å². The summed E-state index contributed by atoms with van der Waals surface area (Å²) in [6, 6.07) is 12.4. The molecule has 3 nitrogen and oxygen atoms in total. The highest BCUT2D eigenvalue weighted by Gasteiger charge is 2.14. The molecule has 108 valence electrons. The minimum atomic E-state index is 0.385. The Bertz CT molecular complexity index is 499. The quantitative estimate of drug-likeness (QED) is 0.747. The van der Waals surface area contributed by atoms with Gasteiger partial charge in [0.1, 0.15) is 5.76 Å². The minimum Gasteiger partial charge on any atom is -0.469 e. The van der Waals surface area contributed by atoms with Crippen LogP contribution in [0, 0.1) is 0 Å². The van der Waals surface area contributed by atoms with E-state index in [-0.39, 0.29) is 0 Å². The largest absolute Gasteiger partial charge is 0.469 e. The average Bonchev–Trinajstić information content (AvgIpc) is 2.95. The molecule has 0 saturated carbocycles. The summed E-state index contributed by atoms with van der Waals surface area (Å²) < 4.78 is 11.7. The molecule has 1 aromatic heterocycles. The highest BCUT2D eigenvalue weighted by Crippen LogP contribution is 2.23. The van der Waals surface area contributed by atoms with E-state index in [2.05, 4.69) is 39.4 Å². The van der Waals surface area contributed by atoms with Crippen molar-refractivity contribution in [3.63, 3.8) is 0 Å². The van der Waals surface area contributed by atoms with Crippen LogP contribution in [0.1, 0.15) is 17.2 Å². The first-order chi connectivity index (χ1) is 9.79. The van der Waals surface area contributed by atoms with Crippen LogP contribution in [-0.2, 0) is 11.2 Å². The maximum atomic E-state index is 5.48. The van der Waals surface area contributed by atoms with Crippen molar-refractivity contribution in [2.75, 3.05) is 26.8 Å². The highest BCUT2D eigenvalue weighted by atomic mass is 79.9. The van der Waals surface area contributed by atoms with E-state index in [0.29, 0.717) is 5.92 Å². The smallest absolute Gasteiger partial charge is 0.104 e. The van der Waals surface area contributed by atoms with Crippen LogP contribution >= 0.6 is 15.9 Å². The van der Waals surface area contributed by atoms with Gasteiger partial charge in [0, 0.05) is 37.0 Å². The number of rotatable bonds is 8. The third kappa shape index (κ3) is 4.78. The molecule has 0 aliphatic carbocycles. The van der Waals surface area contributed by atoms with Gasteiger partial charge < -0.3 is 14.5 Å². The summed E-state index contributed by atoms with van der Waals surface area (Å²) in [4.78, 5) is 0. The van der Waals surface area contributed by atoms with Gasteiger partial charge in [-0.25, -0.2) is 0 Å². The van der Waals surface area contributed by atoms with Gasteiger partial charge >= 0.3 is 0 Å². The molecule has 1 N–H and O–H groups in total. The molecule has 1 unspecified atom stereocenters. The maximum absolute atomic E-state index is 5.48. The Labute approximate surface area is 128 Å². The summed E-state index contributed by atoms with van der Waals surface area (Å²) >= 11 is 3.54. The number of hydrogen-bond donors (Lipinski definition) is 1. The van der Waals surface area contributed by atoms with Gasteiger partial charge in [0.2, 0.25) is 0 Å². The molecule has 1 atom stereocenters. The van der Waals surface area contributed by atoms with E-state index in [1.165, 1.54) is 5.56 Å². The van der Waals surface area contributed by atoms with Gasteiger partial charge in [-0.3, -0.25) is 0 Å². The van der Waals surface area contributed by atoms with Crippen LogP contribution in [0.25, 0.3) is 0 Å². The van der Waals surface area contributed by atoms with Gasteiger partial charge in [0.15, 0.2) is 0 Å². The molecule has 0 fully saturated rings. The Hall–Kier alpha value is -1.10. The van der Waals surface area contributed by atoms with Crippen molar-refractivity contribution in [1.82, 2.24) is 5.32 Å². The average molecular weight is 338 g/mol. The van der Waals surface area contributed by atoms with E-state index in [9.17, 15) is 0 Å². The lowest BCUT2D eigenvalue weighted by Crippen LogP contribution is -2.26. The van der Waals surface area contributed by atoms with Crippen molar-refractivity contribution in [2.24, 2.45) is 0 Å². The summed E-state index contributed by atoms with van der Waals surface area (Å²) in [5.74, 6) is 1.40. The van der Waals surface area contributed by atoms with Gasteiger partial charge in [-0.2, -0.15) is 0 Å². The Balaban J connectivity index is 2.03. The third-order valence-corrected chi connectivity index (χ3v) is 3.71. The first kappa shape index (κ1) is 15.3. The monoisotopic (exact) mass is 337 g/mol. The Morgan fingerprint density at radius 2 is 2.20 bits per heavy atom. The van der Waals surface area contributed by atoms with Crippen molar-refractivity contribution >= 4 is 15.9 Å². The number of halogens is 1. The third-order valence-electron chi connectivity index (χ3n) is 3.22. The predicted molar refractivity (Wildman–Crippen MR) is 84.0 cm³/mol. The van der Waals surface area contributed by atoms with E-state index in [0.717, 1.165) is 36.4 Å². The van der Waals surface area contributed by atoms with Gasteiger partial charge in [0.05, 0.1) is 12.9 Å². The highest BCUT2D eigenvalue weighted by molar-refractivity contribution is 9.10. The van der Waals surface area contributed by atoms with Crippen LogP contribution in [0.15, 0.2) is 51.6 Å². The molecule has 0 bridgehead atoms. The molecule has 2 aromatic rings. The Morgan fingerprint density at radius 1 is 1.30 bits per heavy atom. The normalized spacial score (nSPS) is 12.5. The lowest BCUT2D eigenvalue weighted by atomic mass is 9.94. The zero-order valence-corrected chi connectivity index (χ0v) is 13.2. The second kappa shape index (κ2) is 8.25. The lowest BCUT2D eigenvalue weighted by molar-refractivity contribution is 0.199. The van der Waals surface area contributed by atoms with Crippen LogP contribution in [0.5, 0.6) is 0 Å². The Kier molecular flexibility index (Phi) is 6.30. The number of ether oxygens (including phenoxy) is 1. The molecular formula is C16H20BrNO2. The molecule has 0 saturated heterocycles. The number of methoxy groups -OCH3 is 1. The van der Waals surface area contributed by atoms with Crippen LogP contribution in [-0.4, -0.2) is 26.8 Å². The molecule has 1 aromatic carbocycles. The van der Waals surface area contributed by atoms with Crippen LogP contribution < -0.4 is 5.32 Å². The standard InChI is InChI=1S/C16H20BrNO2/c1-19-9-7-18-12-14(11-16-6-3-8-20-16)13-4-2-5-15(17)10-13/h2-6,8,10,14,18H,7,9,11-12H2,1H3. The molecule has 2 rings (SSSR count). The summed E-state index contributed by atoms with van der Waals surface area (Å²) in [6.07, 6.45) is 2.62. The van der Waals surface area contributed by atoms with Gasteiger partial charge in [-0.05, 0) is 29.8 Å². The molecule has 0 amide bonds. The molecule has 1 heterocycles. The molecule has 4 heteroatoms. The first-order valence-corrected chi connectivity index (χ1v) is 7.56. The summed E-state index contributed by atoms with van der Waals surface area (Å²) in [5.41, 5.74) is 1.31. The summed E-state index contributed by atoms with van der Waals surface area (Å²) in [6.45, 7) is 2.49. The van der Waals surface area contributed by atoms with Gasteiger partial charge in [0.25, 0.3) is 0 Å². The second-order valence-corrected chi connectivity index (χ2v) is 5.65. The zero-order chi connectivity index (χ0) is 14.2. The summed E-state index contributed by atoms with van der Waals surface area (Å²) in [7, 11) is 1.72. The molecule has 0 aliphatic rings. The minimum absolute atomic E-state index is 0.385. The van der Waals surface area contributed by atoms with Crippen molar-refractivity contribution in [3.8, 4) is 0 Å². The summed E-state index contributed by atoms with van der Waals surface area (Å²) in [5, 5.41) is 3.43. The number of furan rings is 1. The van der Waals surface area contributed by atoms with Gasteiger partial charge in [-0.15, -0.1) is 0 Å². The SMILES string of the molecule is COCCNCC(Cc1ccco1)c1cccc(Br)c1. The number of benzene rings is 1. The number of hydrogen-bond acceptors (Lipinski definition) is 3.